The summed E-state index contributed by atoms with van der Waals surface area (Å²) < 4.78 is 50.0. The van der Waals surface area contributed by atoms with Crippen molar-refractivity contribution in [2.45, 2.75) is 6.54 Å². The molecule has 1 N–H and O–H groups in total. The van der Waals surface area contributed by atoms with Crippen molar-refractivity contribution in [3.63, 3.8) is 0 Å². The number of rotatable bonds is 9. The van der Waals surface area contributed by atoms with Crippen LogP contribution in [-0.2, 0) is 16.6 Å². The Morgan fingerprint density at radius 1 is 1.07 bits per heavy atom. The molecule has 6 nitrogen and oxygen atoms in total. The maximum Gasteiger partial charge on any atom is 0.215 e. The molecule has 0 bridgehead atoms. The van der Waals surface area contributed by atoms with E-state index in [1.54, 1.807) is 7.11 Å². The molecule has 0 aliphatic heterocycles. The van der Waals surface area contributed by atoms with Crippen LogP contribution in [0.25, 0.3) is 10.6 Å². The van der Waals surface area contributed by atoms with Gasteiger partial charge in [-0.1, -0.05) is 0 Å². The predicted molar refractivity (Wildman–Crippen MR) is 107 cm³/mol. The van der Waals surface area contributed by atoms with E-state index in [0.29, 0.717) is 11.4 Å². The van der Waals surface area contributed by atoms with Crippen molar-refractivity contribution in [2.24, 2.45) is 0 Å². The first-order valence-electron chi connectivity index (χ1n) is 8.40. The average Bonchev–Trinajstić information content (AvgIpc) is 3.17. The predicted octanol–water partition coefficient (Wildman–Crippen LogP) is 3.46. The molecule has 1 aromatic heterocycles. The number of thiazole rings is 1. The van der Waals surface area contributed by atoms with Gasteiger partial charge in [-0.15, -0.1) is 11.3 Å². The van der Waals surface area contributed by atoms with E-state index in [-0.39, 0.29) is 24.7 Å². The molecule has 0 atom stereocenters. The lowest BCUT2D eigenvalue weighted by Gasteiger charge is -2.07. The van der Waals surface area contributed by atoms with Gasteiger partial charge in [0.1, 0.15) is 28.9 Å². The molecular formula is C19H19FN2O4S2. The third kappa shape index (κ3) is 5.75. The molecule has 9 heteroatoms. The van der Waals surface area contributed by atoms with E-state index in [1.807, 2.05) is 29.6 Å². The van der Waals surface area contributed by atoms with Gasteiger partial charge >= 0.3 is 0 Å². The summed E-state index contributed by atoms with van der Waals surface area (Å²) >= 11 is 1.44. The molecule has 0 spiro atoms. The highest BCUT2D eigenvalue weighted by Gasteiger charge is 2.12. The third-order valence-corrected chi connectivity index (χ3v) is 6.02. The van der Waals surface area contributed by atoms with Gasteiger partial charge in [-0.3, -0.25) is 0 Å². The fourth-order valence-electron chi connectivity index (χ4n) is 2.31. The average molecular weight is 423 g/mol. The van der Waals surface area contributed by atoms with Gasteiger partial charge in [0.2, 0.25) is 10.0 Å². The van der Waals surface area contributed by atoms with E-state index < -0.39 is 10.0 Å². The van der Waals surface area contributed by atoms with Crippen LogP contribution in [0.2, 0.25) is 0 Å². The molecule has 0 saturated carbocycles. The molecule has 0 amide bonds. The molecule has 3 rings (SSSR count). The van der Waals surface area contributed by atoms with E-state index >= 15 is 0 Å². The molecule has 3 aromatic rings. The Labute approximate surface area is 167 Å². The summed E-state index contributed by atoms with van der Waals surface area (Å²) in [7, 11) is -1.92. The van der Waals surface area contributed by atoms with E-state index in [0.717, 1.165) is 16.3 Å². The summed E-state index contributed by atoms with van der Waals surface area (Å²) in [4.78, 5) is 4.46. The summed E-state index contributed by atoms with van der Waals surface area (Å²) in [5, 5.41) is 2.62. The SMILES string of the molecule is COc1ccc(-c2nc(CNS(=O)(=O)CCOc3ccc(F)cc3)cs2)cc1. The lowest BCUT2D eigenvalue weighted by molar-refractivity contribution is 0.339. The number of hydrogen-bond acceptors (Lipinski definition) is 6. The van der Waals surface area contributed by atoms with Gasteiger partial charge in [-0.2, -0.15) is 0 Å². The van der Waals surface area contributed by atoms with Crippen molar-refractivity contribution in [3.8, 4) is 22.1 Å². The standard InChI is InChI=1S/C19H19FN2O4S2/c1-25-17-6-2-14(3-7-17)19-22-16(13-27-19)12-21-28(23,24)11-10-26-18-8-4-15(20)5-9-18/h2-9,13,21H,10-12H2,1H3. The second-order valence-corrected chi connectivity index (χ2v) is 8.60. The second kappa shape index (κ2) is 9.13. The minimum absolute atomic E-state index is 0.0326. The number of benzene rings is 2. The number of halogens is 1. The van der Waals surface area contributed by atoms with E-state index in [9.17, 15) is 12.8 Å². The van der Waals surface area contributed by atoms with Gasteiger partial charge in [0, 0.05) is 10.9 Å². The largest absolute Gasteiger partial charge is 0.497 e. The van der Waals surface area contributed by atoms with Crippen LogP contribution in [0, 0.1) is 5.82 Å². The molecular weight excluding hydrogens is 403 g/mol. The van der Waals surface area contributed by atoms with Gasteiger partial charge < -0.3 is 9.47 Å². The van der Waals surface area contributed by atoms with Crippen molar-refractivity contribution < 1.29 is 22.3 Å². The van der Waals surface area contributed by atoms with Crippen molar-refractivity contribution in [1.82, 2.24) is 9.71 Å². The van der Waals surface area contributed by atoms with Crippen molar-refractivity contribution in [1.29, 1.82) is 0 Å². The summed E-state index contributed by atoms with van der Waals surface area (Å²) in [5.74, 6) is 0.593. The first-order valence-corrected chi connectivity index (χ1v) is 10.9. The topological polar surface area (TPSA) is 77.5 Å². The minimum Gasteiger partial charge on any atom is -0.497 e. The normalized spacial score (nSPS) is 11.4. The zero-order chi connectivity index (χ0) is 20.0. The van der Waals surface area contributed by atoms with E-state index in [2.05, 4.69) is 9.71 Å². The maximum atomic E-state index is 12.8. The van der Waals surface area contributed by atoms with E-state index in [4.69, 9.17) is 9.47 Å². The van der Waals surface area contributed by atoms with Crippen molar-refractivity contribution in [3.05, 3.63) is 65.4 Å². The lowest BCUT2D eigenvalue weighted by atomic mass is 10.2. The lowest BCUT2D eigenvalue weighted by Crippen LogP contribution is -2.28. The monoisotopic (exact) mass is 422 g/mol. The molecule has 148 valence electrons. The molecule has 0 radical (unpaired) electrons. The summed E-state index contributed by atoms with van der Waals surface area (Å²) in [5.41, 5.74) is 1.58. The number of aromatic nitrogens is 1. The number of ether oxygens (including phenoxy) is 2. The zero-order valence-electron chi connectivity index (χ0n) is 15.1. The number of nitrogens with one attached hydrogen (secondary N) is 1. The number of methoxy groups -OCH3 is 1. The van der Waals surface area contributed by atoms with Crippen molar-refractivity contribution in [2.75, 3.05) is 19.5 Å². The molecule has 2 aromatic carbocycles. The second-order valence-electron chi connectivity index (χ2n) is 5.81. The quantitative estimate of drug-likeness (QED) is 0.571. The van der Waals surface area contributed by atoms with Gasteiger partial charge in [-0.25, -0.2) is 22.5 Å². The highest BCUT2D eigenvalue weighted by Crippen LogP contribution is 2.25. The zero-order valence-corrected chi connectivity index (χ0v) is 16.7. The van der Waals surface area contributed by atoms with Crippen LogP contribution < -0.4 is 14.2 Å². The maximum absolute atomic E-state index is 12.8. The molecule has 0 saturated heterocycles. The third-order valence-electron chi connectivity index (χ3n) is 3.80. The molecule has 0 fully saturated rings. The van der Waals surface area contributed by atoms with Crippen LogP contribution in [0.15, 0.2) is 53.9 Å². The number of sulfonamides is 1. The van der Waals surface area contributed by atoms with Crippen LogP contribution in [0.3, 0.4) is 0 Å². The smallest absolute Gasteiger partial charge is 0.215 e. The Bertz CT molecular complexity index is 1000. The summed E-state index contributed by atoms with van der Waals surface area (Å²) in [6.45, 7) is 0.0701. The highest BCUT2D eigenvalue weighted by atomic mass is 32.2. The molecule has 0 unspecified atom stereocenters. The Hall–Kier alpha value is -2.49. The van der Waals surface area contributed by atoms with Gasteiger partial charge in [-0.05, 0) is 48.5 Å². The van der Waals surface area contributed by atoms with Gasteiger partial charge in [0.15, 0.2) is 0 Å². The van der Waals surface area contributed by atoms with Crippen LogP contribution >= 0.6 is 11.3 Å². The fourth-order valence-corrected chi connectivity index (χ4v) is 3.95. The number of nitrogens with zero attached hydrogens (tertiary/aromatic N) is 1. The first-order chi connectivity index (χ1) is 13.4. The van der Waals surface area contributed by atoms with Crippen molar-refractivity contribution >= 4 is 21.4 Å². The highest BCUT2D eigenvalue weighted by molar-refractivity contribution is 7.89. The molecule has 0 aliphatic carbocycles. The minimum atomic E-state index is -3.52. The Morgan fingerprint density at radius 2 is 1.75 bits per heavy atom. The molecule has 28 heavy (non-hydrogen) atoms. The van der Waals surface area contributed by atoms with Crippen LogP contribution in [-0.4, -0.2) is 32.9 Å². The van der Waals surface area contributed by atoms with E-state index in [1.165, 1.54) is 35.6 Å². The summed E-state index contributed by atoms with van der Waals surface area (Å²) in [6.07, 6.45) is 0. The fraction of sp³-hybridized carbons (Fsp3) is 0.211. The van der Waals surface area contributed by atoms with Crippen LogP contribution in [0.5, 0.6) is 11.5 Å². The molecule has 0 aliphatic rings. The Kier molecular flexibility index (Phi) is 6.61. The van der Waals surface area contributed by atoms with Gasteiger partial charge in [0.25, 0.3) is 0 Å². The summed E-state index contributed by atoms with van der Waals surface area (Å²) in [6, 6.07) is 12.9. The first kappa shape index (κ1) is 20.2. The van der Waals surface area contributed by atoms with Gasteiger partial charge in [0.05, 0.1) is 25.1 Å². The number of hydrogen-bond donors (Lipinski definition) is 1. The Morgan fingerprint density at radius 3 is 2.43 bits per heavy atom. The van der Waals surface area contributed by atoms with Crippen LogP contribution in [0.4, 0.5) is 4.39 Å². The van der Waals surface area contributed by atoms with Crippen LogP contribution in [0.1, 0.15) is 5.69 Å². The molecule has 1 heterocycles. The Balaban J connectivity index is 1.50.